The molecule has 43 heavy (non-hydrogen) atoms. The summed E-state index contributed by atoms with van der Waals surface area (Å²) in [6, 6.07) is 30.7. The quantitative estimate of drug-likeness (QED) is 0.134. The Kier molecular flexibility index (Phi) is 8.67. The van der Waals surface area contributed by atoms with E-state index >= 15 is 0 Å². The molecule has 0 spiro atoms. The van der Waals surface area contributed by atoms with Crippen LogP contribution in [0.5, 0.6) is 5.75 Å². The number of benzene rings is 4. The minimum Gasteiger partial charge on any atom is -0.497 e. The molecule has 1 aromatic heterocycles. The van der Waals surface area contributed by atoms with E-state index in [0.717, 1.165) is 16.8 Å². The fourth-order valence-corrected chi connectivity index (χ4v) is 4.18. The summed E-state index contributed by atoms with van der Waals surface area (Å²) in [5, 5.41) is 14.0. The molecule has 10 heteroatoms. The van der Waals surface area contributed by atoms with Gasteiger partial charge in [0, 0.05) is 23.0 Å². The van der Waals surface area contributed by atoms with Crippen molar-refractivity contribution in [1.82, 2.24) is 15.2 Å². The van der Waals surface area contributed by atoms with E-state index in [1.807, 2.05) is 73.7 Å². The molecule has 3 N–H and O–H groups in total. The van der Waals surface area contributed by atoms with Gasteiger partial charge in [-0.15, -0.1) is 0 Å². The maximum atomic E-state index is 12.9. The molecule has 5 rings (SSSR count). The standard InChI is InChI=1S/C33H28N6O4/c1-22-12-16-25(17-13-22)35-31(40)28-10-6-7-11-29(28)36-32(41)33(42)37-34-20-24-21-39(26-8-4-3-5-9-26)38-30(24)23-14-18-27(43-2)19-15-23/h3-21H,1-2H3,(H,35,40)(H,36,41)(H,37,42)/b34-20-. The van der Waals surface area contributed by atoms with E-state index in [9.17, 15) is 14.4 Å². The molecular weight excluding hydrogens is 544 g/mol. The van der Waals surface area contributed by atoms with Gasteiger partial charge in [-0.25, -0.2) is 10.1 Å². The lowest BCUT2D eigenvalue weighted by atomic mass is 10.1. The van der Waals surface area contributed by atoms with E-state index in [1.54, 1.807) is 48.3 Å². The lowest BCUT2D eigenvalue weighted by molar-refractivity contribution is -0.136. The Balaban J connectivity index is 1.29. The van der Waals surface area contributed by atoms with Crippen LogP contribution in [0.2, 0.25) is 0 Å². The fraction of sp³-hybridized carbons (Fsp3) is 0.0606. The second-order valence-electron chi connectivity index (χ2n) is 9.46. The first-order valence-electron chi connectivity index (χ1n) is 13.3. The summed E-state index contributed by atoms with van der Waals surface area (Å²) < 4.78 is 6.96. The molecule has 3 amide bonds. The van der Waals surface area contributed by atoms with Crippen molar-refractivity contribution in [2.75, 3.05) is 17.7 Å². The molecule has 0 fully saturated rings. The van der Waals surface area contributed by atoms with Crippen molar-refractivity contribution in [3.63, 3.8) is 0 Å². The zero-order chi connectivity index (χ0) is 30.2. The Bertz CT molecular complexity index is 1780. The second kappa shape index (κ2) is 13.1. The summed E-state index contributed by atoms with van der Waals surface area (Å²) in [4.78, 5) is 38.2. The third kappa shape index (κ3) is 7.01. The van der Waals surface area contributed by atoms with Gasteiger partial charge in [-0.2, -0.15) is 10.2 Å². The predicted molar refractivity (Wildman–Crippen MR) is 165 cm³/mol. The summed E-state index contributed by atoms with van der Waals surface area (Å²) >= 11 is 0. The highest BCUT2D eigenvalue weighted by Gasteiger charge is 2.18. The average Bonchev–Trinajstić information content (AvgIpc) is 3.47. The number of anilines is 2. The minimum absolute atomic E-state index is 0.183. The lowest BCUT2D eigenvalue weighted by Crippen LogP contribution is -2.33. The van der Waals surface area contributed by atoms with Gasteiger partial charge in [0.1, 0.15) is 11.4 Å². The van der Waals surface area contributed by atoms with E-state index in [1.165, 1.54) is 12.3 Å². The molecule has 4 aromatic carbocycles. The highest BCUT2D eigenvalue weighted by Crippen LogP contribution is 2.25. The van der Waals surface area contributed by atoms with Gasteiger partial charge in [-0.1, -0.05) is 48.0 Å². The molecule has 0 aliphatic carbocycles. The molecule has 0 saturated carbocycles. The number of nitrogens with one attached hydrogen (secondary N) is 3. The van der Waals surface area contributed by atoms with Crippen LogP contribution in [0.3, 0.4) is 0 Å². The first-order chi connectivity index (χ1) is 20.9. The number of methoxy groups -OCH3 is 1. The van der Waals surface area contributed by atoms with Gasteiger partial charge in [0.15, 0.2) is 0 Å². The van der Waals surface area contributed by atoms with Gasteiger partial charge in [0.2, 0.25) is 0 Å². The summed E-state index contributed by atoms with van der Waals surface area (Å²) in [6.07, 6.45) is 3.19. The van der Waals surface area contributed by atoms with E-state index in [4.69, 9.17) is 9.84 Å². The fourth-order valence-electron chi connectivity index (χ4n) is 4.18. The highest BCUT2D eigenvalue weighted by atomic mass is 16.5. The first-order valence-corrected chi connectivity index (χ1v) is 13.3. The molecule has 0 aliphatic heterocycles. The second-order valence-corrected chi connectivity index (χ2v) is 9.46. The van der Waals surface area contributed by atoms with Crippen molar-refractivity contribution in [1.29, 1.82) is 0 Å². The first kappa shape index (κ1) is 28.5. The number of hydrogen-bond acceptors (Lipinski definition) is 6. The molecule has 0 bridgehead atoms. The van der Waals surface area contributed by atoms with E-state index in [2.05, 4.69) is 21.2 Å². The molecule has 0 atom stereocenters. The van der Waals surface area contributed by atoms with Gasteiger partial charge in [0.25, 0.3) is 5.91 Å². The summed E-state index contributed by atoms with van der Waals surface area (Å²) in [6.45, 7) is 1.95. The van der Waals surface area contributed by atoms with E-state index in [-0.39, 0.29) is 11.3 Å². The smallest absolute Gasteiger partial charge is 0.329 e. The summed E-state index contributed by atoms with van der Waals surface area (Å²) in [5.41, 5.74) is 7.16. The van der Waals surface area contributed by atoms with Crippen LogP contribution in [-0.2, 0) is 9.59 Å². The molecular formula is C33H28N6O4. The van der Waals surface area contributed by atoms with Crippen molar-refractivity contribution in [3.8, 4) is 22.7 Å². The number of amides is 3. The number of para-hydroxylation sites is 2. The zero-order valence-electron chi connectivity index (χ0n) is 23.4. The number of carbonyl (C=O) groups excluding carboxylic acids is 3. The number of aromatic nitrogens is 2. The van der Waals surface area contributed by atoms with Crippen molar-refractivity contribution in [3.05, 3.63) is 126 Å². The number of hydrazone groups is 1. The third-order valence-electron chi connectivity index (χ3n) is 6.43. The Hall–Kier alpha value is -6.03. The Morgan fingerprint density at radius 1 is 0.814 bits per heavy atom. The van der Waals surface area contributed by atoms with Crippen LogP contribution in [0, 0.1) is 6.92 Å². The van der Waals surface area contributed by atoms with E-state index < -0.39 is 17.7 Å². The molecule has 10 nitrogen and oxygen atoms in total. The molecule has 0 radical (unpaired) electrons. The lowest BCUT2D eigenvalue weighted by Gasteiger charge is -2.11. The van der Waals surface area contributed by atoms with Crippen molar-refractivity contribution < 1.29 is 19.1 Å². The number of nitrogens with zero attached hydrogens (tertiary/aromatic N) is 3. The monoisotopic (exact) mass is 572 g/mol. The van der Waals surface area contributed by atoms with Gasteiger partial charge in [-0.3, -0.25) is 14.4 Å². The zero-order valence-corrected chi connectivity index (χ0v) is 23.4. The largest absolute Gasteiger partial charge is 0.497 e. The summed E-state index contributed by atoms with van der Waals surface area (Å²) in [7, 11) is 1.59. The number of carbonyl (C=O) groups is 3. The molecule has 0 aliphatic rings. The normalized spacial score (nSPS) is 10.7. The average molecular weight is 573 g/mol. The molecule has 5 aromatic rings. The van der Waals surface area contributed by atoms with Crippen molar-refractivity contribution >= 4 is 35.3 Å². The Morgan fingerprint density at radius 3 is 2.23 bits per heavy atom. The number of ether oxygens (including phenoxy) is 1. The Labute approximate surface area is 248 Å². The van der Waals surface area contributed by atoms with E-state index in [0.29, 0.717) is 22.7 Å². The molecule has 0 saturated heterocycles. The van der Waals surface area contributed by atoms with Crippen LogP contribution in [0.4, 0.5) is 11.4 Å². The highest BCUT2D eigenvalue weighted by molar-refractivity contribution is 6.40. The van der Waals surface area contributed by atoms with Crippen molar-refractivity contribution in [2.45, 2.75) is 6.92 Å². The van der Waals surface area contributed by atoms with Gasteiger partial charge < -0.3 is 15.4 Å². The van der Waals surface area contributed by atoms with Gasteiger partial charge in [-0.05, 0) is 67.6 Å². The number of rotatable bonds is 8. The van der Waals surface area contributed by atoms with Crippen molar-refractivity contribution in [2.24, 2.45) is 5.10 Å². The van der Waals surface area contributed by atoms with Crippen LogP contribution >= 0.6 is 0 Å². The van der Waals surface area contributed by atoms with Gasteiger partial charge >= 0.3 is 11.8 Å². The Morgan fingerprint density at radius 2 is 1.51 bits per heavy atom. The van der Waals surface area contributed by atoms with Crippen LogP contribution in [-0.4, -0.2) is 40.8 Å². The maximum absolute atomic E-state index is 12.9. The third-order valence-corrected chi connectivity index (χ3v) is 6.43. The maximum Gasteiger partial charge on any atom is 0.329 e. The molecule has 214 valence electrons. The van der Waals surface area contributed by atoms with Gasteiger partial charge in [0.05, 0.1) is 30.3 Å². The van der Waals surface area contributed by atoms with Crippen LogP contribution in [0.25, 0.3) is 16.9 Å². The SMILES string of the molecule is COc1ccc(-c2nn(-c3ccccc3)cc2/C=N\NC(=O)C(=O)Nc2ccccc2C(=O)Nc2ccc(C)cc2)cc1. The topological polar surface area (TPSA) is 127 Å². The molecule has 1 heterocycles. The predicted octanol–water partition coefficient (Wildman–Crippen LogP) is 5.20. The van der Waals surface area contributed by atoms with Crippen LogP contribution in [0.1, 0.15) is 21.5 Å². The number of hydrogen-bond donors (Lipinski definition) is 3. The molecule has 0 unspecified atom stereocenters. The number of aryl methyl sites for hydroxylation is 1. The van der Waals surface area contributed by atoms with Crippen LogP contribution < -0.4 is 20.8 Å². The minimum atomic E-state index is -1.01. The van der Waals surface area contributed by atoms with Crippen LogP contribution in [0.15, 0.2) is 114 Å². The summed E-state index contributed by atoms with van der Waals surface area (Å²) in [5.74, 6) is -1.72.